The molecule has 0 amide bonds. The molecule has 0 saturated heterocycles. The zero-order valence-corrected chi connectivity index (χ0v) is 23.2. The van der Waals surface area contributed by atoms with Crippen LogP contribution < -0.4 is 9.47 Å². The second kappa shape index (κ2) is 16.2. The molecule has 2 atom stereocenters. The van der Waals surface area contributed by atoms with Crippen LogP contribution in [0.25, 0.3) is 0 Å². The fourth-order valence-electron chi connectivity index (χ4n) is 3.70. The van der Waals surface area contributed by atoms with Crippen molar-refractivity contribution in [1.82, 2.24) is 0 Å². The monoisotopic (exact) mass is 516 g/mol. The molecule has 2 unspecified atom stereocenters. The molecule has 0 heterocycles. The minimum absolute atomic E-state index is 0.425. The summed E-state index contributed by atoms with van der Waals surface area (Å²) in [4.78, 5) is 0. The van der Waals surface area contributed by atoms with Crippen molar-refractivity contribution >= 4 is 27.5 Å². The van der Waals surface area contributed by atoms with Gasteiger partial charge >= 0.3 is 0 Å². The molecule has 0 aliphatic rings. The highest BCUT2D eigenvalue weighted by molar-refractivity contribution is 9.10. The summed E-state index contributed by atoms with van der Waals surface area (Å²) in [5.41, 5.74) is 0.998. The fraction of sp³-hybridized carbons (Fsp3) is 0.778. The third-order valence-electron chi connectivity index (χ3n) is 5.95. The van der Waals surface area contributed by atoms with Crippen molar-refractivity contribution in [2.24, 2.45) is 23.7 Å². The number of hydrogen-bond acceptors (Lipinski definition) is 2. The third-order valence-corrected chi connectivity index (χ3v) is 6.86. The van der Waals surface area contributed by atoms with E-state index in [2.05, 4.69) is 57.5 Å². The zero-order valence-electron chi connectivity index (χ0n) is 20.8. The Kier molecular flexibility index (Phi) is 15.0. The van der Waals surface area contributed by atoms with E-state index in [4.69, 9.17) is 21.1 Å². The van der Waals surface area contributed by atoms with E-state index >= 15 is 0 Å². The Hall–Kier alpha value is -0.410. The van der Waals surface area contributed by atoms with Crippen molar-refractivity contribution in [2.75, 3.05) is 13.2 Å². The first-order chi connectivity index (χ1) is 14.7. The molecule has 0 bridgehead atoms. The van der Waals surface area contributed by atoms with E-state index in [0.717, 1.165) is 59.4 Å². The average molecular weight is 518 g/mol. The predicted octanol–water partition coefficient (Wildman–Crippen LogP) is 9.65. The van der Waals surface area contributed by atoms with Gasteiger partial charge in [-0.25, -0.2) is 0 Å². The van der Waals surface area contributed by atoms with Gasteiger partial charge in [0.25, 0.3) is 0 Å². The molecule has 1 rings (SSSR count). The Bertz CT molecular complexity index is 603. The molecule has 1 aromatic rings. The van der Waals surface area contributed by atoms with E-state index in [1.807, 2.05) is 12.1 Å². The second-order valence-corrected chi connectivity index (χ2v) is 11.3. The fourth-order valence-corrected chi connectivity index (χ4v) is 4.35. The first-order valence-electron chi connectivity index (χ1n) is 12.4. The lowest BCUT2D eigenvalue weighted by Gasteiger charge is -2.17. The highest BCUT2D eigenvalue weighted by Crippen LogP contribution is 2.34. The number of hydrogen-bond donors (Lipinski definition) is 0. The van der Waals surface area contributed by atoms with Crippen molar-refractivity contribution in [3.05, 3.63) is 22.2 Å². The van der Waals surface area contributed by atoms with Gasteiger partial charge in [-0.15, -0.1) is 11.6 Å². The number of halogens is 2. The Morgan fingerprint density at radius 2 is 1.19 bits per heavy atom. The smallest absolute Gasteiger partial charge is 0.134 e. The first-order valence-corrected chi connectivity index (χ1v) is 13.7. The minimum Gasteiger partial charge on any atom is -0.493 e. The van der Waals surface area contributed by atoms with Crippen LogP contribution in [0.3, 0.4) is 0 Å². The number of ether oxygens (including phenoxy) is 2. The molecule has 0 fully saturated rings. The molecule has 0 radical (unpaired) electrons. The van der Waals surface area contributed by atoms with Crippen LogP contribution in [0.2, 0.25) is 0 Å². The van der Waals surface area contributed by atoms with Gasteiger partial charge in [0, 0.05) is 5.56 Å². The molecular weight excluding hydrogens is 472 g/mol. The van der Waals surface area contributed by atoms with Crippen LogP contribution in [-0.2, 0) is 5.88 Å². The van der Waals surface area contributed by atoms with Gasteiger partial charge in [0.2, 0.25) is 0 Å². The van der Waals surface area contributed by atoms with E-state index < -0.39 is 0 Å². The maximum Gasteiger partial charge on any atom is 0.134 e. The van der Waals surface area contributed by atoms with Crippen molar-refractivity contribution in [3.63, 3.8) is 0 Å². The largest absolute Gasteiger partial charge is 0.493 e. The van der Waals surface area contributed by atoms with Crippen LogP contribution in [0.15, 0.2) is 16.6 Å². The lowest BCUT2D eigenvalue weighted by atomic mass is 9.98. The molecule has 0 N–H and O–H groups in total. The number of alkyl halides is 1. The molecule has 0 aliphatic carbocycles. The molecule has 31 heavy (non-hydrogen) atoms. The Labute approximate surface area is 205 Å². The number of benzene rings is 1. The van der Waals surface area contributed by atoms with E-state index in [-0.39, 0.29) is 0 Å². The van der Waals surface area contributed by atoms with Gasteiger partial charge in [0.1, 0.15) is 11.5 Å². The normalized spacial score (nSPS) is 13.6. The summed E-state index contributed by atoms with van der Waals surface area (Å²) >= 11 is 9.87. The molecule has 1 aromatic carbocycles. The molecule has 0 spiro atoms. The van der Waals surface area contributed by atoms with Gasteiger partial charge in [-0.3, -0.25) is 0 Å². The third kappa shape index (κ3) is 13.0. The zero-order chi connectivity index (χ0) is 23.2. The van der Waals surface area contributed by atoms with E-state index in [0.29, 0.717) is 17.7 Å². The van der Waals surface area contributed by atoms with Crippen LogP contribution in [-0.4, -0.2) is 13.2 Å². The lowest BCUT2D eigenvalue weighted by Crippen LogP contribution is -2.07. The standard InChI is InChI=1S/C27H46BrClO2/c1-20(2)9-7-11-22(5)13-15-30-26-18-25(28)27(17-24(26)19-29)31-16-14-23(6)12-8-10-21(3)4/h17-18,20-23H,7-16,19H2,1-6H3. The molecule has 4 heteroatoms. The SMILES string of the molecule is CC(C)CCCC(C)CCOc1cc(CCl)c(OCCC(C)CCCC(C)C)cc1Br. The Morgan fingerprint density at radius 1 is 0.710 bits per heavy atom. The highest BCUT2D eigenvalue weighted by Gasteiger charge is 2.12. The average Bonchev–Trinajstić information content (AvgIpc) is 2.69. The predicted molar refractivity (Wildman–Crippen MR) is 140 cm³/mol. The second-order valence-electron chi connectivity index (χ2n) is 10.2. The minimum atomic E-state index is 0.425. The van der Waals surface area contributed by atoms with E-state index in [9.17, 15) is 0 Å². The summed E-state index contributed by atoms with van der Waals surface area (Å²) in [6, 6.07) is 4.05. The molecular formula is C27H46BrClO2. The van der Waals surface area contributed by atoms with Gasteiger partial charge in [-0.05, 0) is 64.6 Å². The lowest BCUT2D eigenvalue weighted by molar-refractivity contribution is 0.266. The van der Waals surface area contributed by atoms with Gasteiger partial charge in [-0.1, -0.05) is 80.1 Å². The summed E-state index contributed by atoms with van der Waals surface area (Å²) in [5.74, 6) is 5.12. The van der Waals surface area contributed by atoms with Crippen molar-refractivity contribution in [3.8, 4) is 11.5 Å². The van der Waals surface area contributed by atoms with Gasteiger partial charge in [0.15, 0.2) is 0 Å². The van der Waals surface area contributed by atoms with Crippen molar-refractivity contribution in [1.29, 1.82) is 0 Å². The summed E-state index contributed by atoms with van der Waals surface area (Å²) in [7, 11) is 0. The first kappa shape index (κ1) is 28.6. The van der Waals surface area contributed by atoms with Crippen molar-refractivity contribution in [2.45, 2.75) is 98.8 Å². The topological polar surface area (TPSA) is 18.5 Å². The molecule has 0 aliphatic heterocycles. The summed E-state index contributed by atoms with van der Waals surface area (Å²) in [6.07, 6.45) is 9.94. The van der Waals surface area contributed by atoms with Gasteiger partial charge in [-0.2, -0.15) is 0 Å². The van der Waals surface area contributed by atoms with Gasteiger partial charge < -0.3 is 9.47 Å². The van der Waals surface area contributed by atoms with Gasteiger partial charge in [0.05, 0.1) is 23.6 Å². The summed E-state index contributed by atoms with van der Waals surface area (Å²) in [6.45, 7) is 15.3. The Morgan fingerprint density at radius 3 is 1.65 bits per heavy atom. The molecule has 0 aromatic heterocycles. The quantitative estimate of drug-likeness (QED) is 0.191. The van der Waals surface area contributed by atoms with Crippen LogP contribution in [0.1, 0.15) is 98.5 Å². The summed E-state index contributed by atoms with van der Waals surface area (Å²) in [5, 5.41) is 0. The Balaban J connectivity index is 2.46. The molecule has 180 valence electrons. The maximum atomic E-state index is 6.21. The summed E-state index contributed by atoms with van der Waals surface area (Å²) < 4.78 is 13.1. The van der Waals surface area contributed by atoms with E-state index in [1.165, 1.54) is 38.5 Å². The molecule has 0 saturated carbocycles. The van der Waals surface area contributed by atoms with Crippen LogP contribution in [0.4, 0.5) is 0 Å². The highest BCUT2D eigenvalue weighted by atomic mass is 79.9. The molecule has 2 nitrogen and oxygen atoms in total. The van der Waals surface area contributed by atoms with Crippen LogP contribution in [0, 0.1) is 23.7 Å². The number of rotatable bonds is 17. The van der Waals surface area contributed by atoms with E-state index in [1.54, 1.807) is 0 Å². The van der Waals surface area contributed by atoms with Crippen LogP contribution in [0.5, 0.6) is 11.5 Å². The maximum absolute atomic E-state index is 6.21. The van der Waals surface area contributed by atoms with Crippen LogP contribution >= 0.6 is 27.5 Å². The van der Waals surface area contributed by atoms with Crippen molar-refractivity contribution < 1.29 is 9.47 Å².